The largest absolute Gasteiger partial charge is 1.00 e. The maximum atomic E-state index is 9.97. The number of hydrogen-bond acceptors (Lipinski definition) is 8. The molecule has 0 aromatic rings. The summed E-state index contributed by atoms with van der Waals surface area (Å²) in [6.45, 7) is 0. The average Bonchev–Trinajstić information content (AvgIpc) is 1.82. The molecule has 0 amide bonds. The van der Waals surface area contributed by atoms with E-state index < -0.39 is 29.3 Å². The third-order valence-corrected chi connectivity index (χ3v) is 1.22. The average molecular weight is 720 g/mol. The number of aliphatic carboxylic acids is 4. The summed E-state index contributed by atoms with van der Waals surface area (Å²) < 4.78 is 0. The Labute approximate surface area is 331 Å². The number of hydrogen-bond donors (Lipinski definition) is 0. The molecule has 0 bridgehead atoms. The van der Waals surface area contributed by atoms with Crippen LogP contribution in [0.5, 0.6) is 0 Å². The molecule has 0 atom stereocenters. The molecule has 0 aliphatic heterocycles. The van der Waals surface area contributed by atoms with E-state index in [2.05, 4.69) is 0 Å². The van der Waals surface area contributed by atoms with Gasteiger partial charge in [0.2, 0.25) is 0 Å². The molecular weight excluding hydrogens is 720 g/mol. The zero-order chi connectivity index (χ0) is 10.8. The van der Waals surface area contributed by atoms with Crippen molar-refractivity contribution >= 4 is 23.9 Å². The monoisotopic (exact) mass is 720 g/mol. The minimum atomic E-state index is -4.28. The summed E-state index contributed by atoms with van der Waals surface area (Å²) in [6, 6.07) is 0. The predicted octanol–water partition coefficient (Wildman–Crippen LogP) is -19.0. The molecule has 0 saturated heterocycles. The molecule has 0 aromatic heterocycles. The van der Waals surface area contributed by atoms with Crippen LogP contribution >= 0.6 is 0 Å². The first-order valence-corrected chi connectivity index (χ1v) is 2.63. The van der Waals surface area contributed by atoms with Crippen LogP contribution in [0.25, 0.3) is 0 Å². The number of carboxylic acids is 4. The summed E-state index contributed by atoms with van der Waals surface area (Å²) in [5, 5.41) is 39.9. The molecule has 0 aromatic carbocycles. The third-order valence-electron chi connectivity index (χ3n) is 1.22. The summed E-state index contributed by atoms with van der Waals surface area (Å²) in [4.78, 5) is 39.9. The Morgan fingerprint density at radius 2 is 0.647 bits per heavy atom. The van der Waals surface area contributed by atoms with Gasteiger partial charge in [0, 0.05) is 0 Å². The maximum absolute atomic E-state index is 9.97. The van der Waals surface area contributed by atoms with Crippen LogP contribution in [0.3, 0.4) is 0 Å². The van der Waals surface area contributed by atoms with Gasteiger partial charge >= 0.3 is 276 Å². The van der Waals surface area contributed by atoms with E-state index in [1.165, 1.54) is 0 Å². The topological polar surface area (TPSA) is 161 Å². The fraction of sp³-hybridized carbons (Fsp3) is 0.200. The zero-order valence-electron chi connectivity index (χ0n) is 9.77. The van der Waals surface area contributed by atoms with E-state index in [4.69, 9.17) is 0 Å². The Bertz CT molecular complexity index is 241. The zero-order valence-corrected chi connectivity index (χ0v) is 34.9. The molecular formula is C5Cs4O8. The van der Waals surface area contributed by atoms with Gasteiger partial charge < -0.3 is 39.6 Å². The molecule has 0 saturated carbocycles. The van der Waals surface area contributed by atoms with Crippen LogP contribution in [0.4, 0.5) is 0 Å². The number of rotatable bonds is 4. The summed E-state index contributed by atoms with van der Waals surface area (Å²) in [7, 11) is 0. The second kappa shape index (κ2) is 16.9. The number of carbonyl (C=O) groups is 4. The van der Waals surface area contributed by atoms with Gasteiger partial charge in [-0.05, 0) is 0 Å². The molecule has 17 heavy (non-hydrogen) atoms. The summed E-state index contributed by atoms with van der Waals surface area (Å²) >= 11 is 0. The van der Waals surface area contributed by atoms with Crippen LogP contribution in [0.1, 0.15) is 0 Å². The number of carbonyl (C=O) groups excluding carboxylic acids is 4. The molecule has 0 unspecified atom stereocenters. The van der Waals surface area contributed by atoms with Crippen LogP contribution in [0.15, 0.2) is 0 Å². The maximum Gasteiger partial charge on any atom is 1.00 e. The van der Waals surface area contributed by atoms with Gasteiger partial charge in [-0.1, -0.05) is 0 Å². The smallest absolute Gasteiger partial charge is 0.548 e. The molecule has 12 heteroatoms. The van der Waals surface area contributed by atoms with Crippen LogP contribution in [0, 0.1) is 5.41 Å². The molecule has 0 aliphatic rings. The van der Waals surface area contributed by atoms with E-state index in [1.54, 1.807) is 0 Å². The summed E-state index contributed by atoms with van der Waals surface area (Å²) in [5.41, 5.74) is -4.28. The second-order valence-electron chi connectivity index (χ2n) is 1.90. The second-order valence-corrected chi connectivity index (χ2v) is 1.90. The molecule has 0 spiro atoms. The van der Waals surface area contributed by atoms with Gasteiger partial charge in [0.25, 0.3) is 0 Å². The first-order chi connectivity index (χ1) is 5.77. The van der Waals surface area contributed by atoms with Crippen LogP contribution < -0.4 is 296 Å². The molecule has 8 nitrogen and oxygen atoms in total. The van der Waals surface area contributed by atoms with Gasteiger partial charge in [0.15, 0.2) is 0 Å². The van der Waals surface area contributed by atoms with Crippen molar-refractivity contribution in [2.45, 2.75) is 0 Å². The van der Waals surface area contributed by atoms with E-state index in [0.29, 0.717) is 0 Å². The Kier molecular flexibility index (Phi) is 34.3. The molecule has 0 N–H and O–H groups in total. The minimum Gasteiger partial charge on any atom is -0.548 e. The Morgan fingerprint density at radius 1 is 0.529 bits per heavy atom. The summed E-state index contributed by atoms with van der Waals surface area (Å²) in [6.07, 6.45) is 0. The molecule has 0 rings (SSSR count). The molecule has 0 heterocycles. The Balaban J connectivity index is -0.000000120. The van der Waals surface area contributed by atoms with Crippen molar-refractivity contribution in [3.63, 3.8) is 0 Å². The van der Waals surface area contributed by atoms with E-state index in [1.807, 2.05) is 0 Å². The van der Waals surface area contributed by atoms with Crippen LogP contribution in [-0.4, -0.2) is 23.9 Å². The molecule has 0 radical (unpaired) electrons. The summed E-state index contributed by atoms with van der Waals surface area (Å²) in [5.74, 6) is -11.6. The molecule has 72 valence electrons. The predicted molar refractivity (Wildman–Crippen MR) is 22.5 cm³/mol. The van der Waals surface area contributed by atoms with Crippen molar-refractivity contribution in [3.8, 4) is 0 Å². The van der Waals surface area contributed by atoms with Gasteiger partial charge in [0.05, 0.1) is 23.9 Å². The Hall–Kier alpha value is 6.09. The normalized spacial score (nSPS) is 8.00. The van der Waals surface area contributed by atoms with Gasteiger partial charge in [0.1, 0.15) is 5.41 Å². The fourth-order valence-corrected chi connectivity index (χ4v) is 0.500. The van der Waals surface area contributed by atoms with Crippen LogP contribution in [-0.2, 0) is 19.2 Å². The van der Waals surface area contributed by atoms with E-state index in [0.717, 1.165) is 0 Å². The van der Waals surface area contributed by atoms with Gasteiger partial charge in [-0.15, -0.1) is 0 Å². The van der Waals surface area contributed by atoms with E-state index in [9.17, 15) is 39.6 Å². The first-order valence-electron chi connectivity index (χ1n) is 2.63. The van der Waals surface area contributed by atoms with Crippen molar-refractivity contribution in [2.75, 3.05) is 0 Å². The number of carboxylic acid groups (broad SMARTS) is 4. The van der Waals surface area contributed by atoms with E-state index in [-0.39, 0.29) is 276 Å². The first kappa shape index (κ1) is 34.4. The van der Waals surface area contributed by atoms with Crippen molar-refractivity contribution in [1.29, 1.82) is 0 Å². The molecule has 0 aliphatic carbocycles. The van der Waals surface area contributed by atoms with Crippen molar-refractivity contribution in [2.24, 2.45) is 5.41 Å². The van der Waals surface area contributed by atoms with Gasteiger partial charge in [-0.25, -0.2) is 0 Å². The standard InChI is InChI=1S/C5H4O8.4Cs/c6-1(7)5(2(8)9,3(10)11)4(12)13;;;;/h(H,6,7)(H,8,9)(H,10,11)(H,12,13);;;;/q;4*+1/p-4. The van der Waals surface area contributed by atoms with Gasteiger partial charge in [-0.2, -0.15) is 0 Å². The SMILES string of the molecule is O=C([O-])C(C(=O)[O-])(C(=O)[O-])C(=O)[O-].[Cs+].[Cs+].[Cs+].[Cs+]. The van der Waals surface area contributed by atoms with E-state index >= 15 is 0 Å². The fourth-order valence-electron chi connectivity index (χ4n) is 0.500. The third kappa shape index (κ3) is 9.85. The van der Waals surface area contributed by atoms with Gasteiger partial charge in [-0.3, -0.25) is 0 Å². The minimum absolute atomic E-state index is 0. The van der Waals surface area contributed by atoms with Crippen LogP contribution in [0.2, 0.25) is 0 Å². The van der Waals surface area contributed by atoms with Crippen molar-refractivity contribution < 1.29 is 315 Å². The van der Waals surface area contributed by atoms with Crippen molar-refractivity contribution in [3.05, 3.63) is 0 Å². The molecule has 0 fully saturated rings. The van der Waals surface area contributed by atoms with Crippen molar-refractivity contribution in [1.82, 2.24) is 0 Å². The Morgan fingerprint density at radius 3 is 0.647 bits per heavy atom. The quantitative estimate of drug-likeness (QED) is 0.259.